The molecule has 75 valence electrons. The molecule has 0 aliphatic rings. The number of aryl methyl sites for hydroxylation is 2. The van der Waals surface area contributed by atoms with Gasteiger partial charge in [-0.25, -0.2) is 0 Å². The van der Waals surface area contributed by atoms with Crippen LogP contribution in [0.1, 0.15) is 11.1 Å². The summed E-state index contributed by atoms with van der Waals surface area (Å²) in [5.74, 6) is 0. The molecule has 0 unspecified atom stereocenters. The SMILES string of the molecule is Cc1cc[c]([Sb][c]2ccc(C)cc2)cc1. The van der Waals surface area contributed by atoms with Crippen LogP contribution in [-0.4, -0.2) is 21.6 Å². The Labute approximate surface area is 102 Å². The van der Waals surface area contributed by atoms with Crippen molar-refractivity contribution in [2.75, 3.05) is 0 Å². The monoisotopic (exact) mass is 303 g/mol. The van der Waals surface area contributed by atoms with Gasteiger partial charge in [-0.2, -0.15) is 0 Å². The average Bonchev–Trinajstić information content (AvgIpc) is 2.25. The Balaban J connectivity index is 2.15. The molecule has 0 aromatic heterocycles. The third kappa shape index (κ3) is 3.11. The third-order valence-electron chi connectivity index (χ3n) is 2.33. The Hall–Kier alpha value is -0.742. The van der Waals surface area contributed by atoms with Gasteiger partial charge < -0.3 is 0 Å². The molecule has 1 radical (unpaired) electrons. The van der Waals surface area contributed by atoms with Crippen LogP contribution in [0.25, 0.3) is 0 Å². The summed E-state index contributed by atoms with van der Waals surface area (Å²) in [6.45, 7) is 4.27. The minimum atomic E-state index is -0.370. The van der Waals surface area contributed by atoms with Gasteiger partial charge in [0.05, 0.1) is 0 Å². The average molecular weight is 304 g/mol. The van der Waals surface area contributed by atoms with Crippen LogP contribution in [0, 0.1) is 13.8 Å². The van der Waals surface area contributed by atoms with E-state index in [0.29, 0.717) is 0 Å². The summed E-state index contributed by atoms with van der Waals surface area (Å²) in [5.41, 5.74) is 2.69. The third-order valence-corrected chi connectivity index (χ3v) is 5.50. The van der Waals surface area contributed by atoms with Gasteiger partial charge in [-0.1, -0.05) is 0 Å². The van der Waals surface area contributed by atoms with E-state index in [1.54, 1.807) is 0 Å². The van der Waals surface area contributed by atoms with E-state index in [1.165, 1.54) is 18.1 Å². The standard InChI is InChI=1S/2C7H7.Sb/c2*1-7-5-3-2-4-6-7;/h2*3-6H,1H3;. The van der Waals surface area contributed by atoms with Crippen LogP contribution in [0.4, 0.5) is 0 Å². The van der Waals surface area contributed by atoms with Crippen molar-refractivity contribution in [3.63, 3.8) is 0 Å². The summed E-state index contributed by atoms with van der Waals surface area (Å²) >= 11 is -0.370. The fourth-order valence-electron chi connectivity index (χ4n) is 1.39. The molecule has 0 fully saturated rings. The fraction of sp³-hybridized carbons (Fsp3) is 0.143. The molecule has 0 atom stereocenters. The van der Waals surface area contributed by atoms with Crippen molar-refractivity contribution < 1.29 is 0 Å². The number of benzene rings is 2. The Morgan fingerprint density at radius 3 is 1.27 bits per heavy atom. The maximum absolute atomic E-state index is 2.27. The van der Waals surface area contributed by atoms with Gasteiger partial charge in [0.15, 0.2) is 0 Å². The molecule has 2 aromatic rings. The molecule has 0 heterocycles. The summed E-state index contributed by atoms with van der Waals surface area (Å²) in [5, 5.41) is 0. The van der Waals surface area contributed by atoms with Crippen molar-refractivity contribution in [2.45, 2.75) is 13.8 Å². The Kier molecular flexibility index (Phi) is 3.48. The zero-order chi connectivity index (χ0) is 10.7. The first kappa shape index (κ1) is 10.8. The summed E-state index contributed by atoms with van der Waals surface area (Å²) in [4.78, 5) is 0. The van der Waals surface area contributed by atoms with E-state index in [1.807, 2.05) is 0 Å². The number of rotatable bonds is 2. The first-order chi connectivity index (χ1) is 7.24. The number of hydrogen-bond donors (Lipinski definition) is 0. The van der Waals surface area contributed by atoms with E-state index in [2.05, 4.69) is 62.4 Å². The predicted molar refractivity (Wildman–Crippen MR) is 67.4 cm³/mol. The van der Waals surface area contributed by atoms with Crippen molar-refractivity contribution in [2.24, 2.45) is 0 Å². The van der Waals surface area contributed by atoms with E-state index >= 15 is 0 Å². The topological polar surface area (TPSA) is 0 Å². The summed E-state index contributed by atoms with van der Waals surface area (Å²) < 4.78 is 3.06. The van der Waals surface area contributed by atoms with E-state index in [4.69, 9.17) is 0 Å². The van der Waals surface area contributed by atoms with Crippen LogP contribution in [0.3, 0.4) is 0 Å². The molecule has 0 N–H and O–H groups in total. The minimum absolute atomic E-state index is 0.370. The fourth-order valence-corrected chi connectivity index (χ4v) is 3.94. The van der Waals surface area contributed by atoms with Crippen molar-refractivity contribution in [1.29, 1.82) is 0 Å². The van der Waals surface area contributed by atoms with Gasteiger partial charge in [-0.05, 0) is 0 Å². The molecule has 0 aliphatic heterocycles. The van der Waals surface area contributed by atoms with Gasteiger partial charge in [-0.15, -0.1) is 0 Å². The van der Waals surface area contributed by atoms with Crippen molar-refractivity contribution in [3.8, 4) is 0 Å². The molecule has 0 bridgehead atoms. The van der Waals surface area contributed by atoms with Gasteiger partial charge in [-0.3, -0.25) is 0 Å². The molecular weight excluding hydrogens is 290 g/mol. The van der Waals surface area contributed by atoms with E-state index in [9.17, 15) is 0 Å². The molecule has 0 spiro atoms. The second-order valence-electron chi connectivity index (χ2n) is 3.78. The Morgan fingerprint density at radius 2 is 0.933 bits per heavy atom. The Bertz CT molecular complexity index is 382. The molecule has 0 amide bonds. The van der Waals surface area contributed by atoms with Crippen LogP contribution in [0.5, 0.6) is 0 Å². The molecule has 15 heavy (non-hydrogen) atoms. The molecule has 0 saturated heterocycles. The quantitative estimate of drug-likeness (QED) is 0.744. The summed E-state index contributed by atoms with van der Waals surface area (Å²) in [6.07, 6.45) is 0. The van der Waals surface area contributed by atoms with Gasteiger partial charge in [0, 0.05) is 0 Å². The molecule has 0 saturated carbocycles. The zero-order valence-electron chi connectivity index (χ0n) is 9.07. The van der Waals surface area contributed by atoms with Crippen LogP contribution < -0.4 is 7.02 Å². The van der Waals surface area contributed by atoms with Crippen molar-refractivity contribution in [3.05, 3.63) is 59.7 Å². The molecule has 2 rings (SSSR count). The van der Waals surface area contributed by atoms with Gasteiger partial charge >= 0.3 is 102 Å². The predicted octanol–water partition coefficient (Wildman–Crippen LogP) is 1.96. The van der Waals surface area contributed by atoms with E-state index in [0.717, 1.165) is 0 Å². The van der Waals surface area contributed by atoms with Crippen molar-refractivity contribution in [1.82, 2.24) is 0 Å². The van der Waals surface area contributed by atoms with Crippen LogP contribution in [0.2, 0.25) is 0 Å². The van der Waals surface area contributed by atoms with Crippen LogP contribution in [-0.2, 0) is 0 Å². The first-order valence-electron chi connectivity index (χ1n) is 5.09. The molecule has 0 aliphatic carbocycles. The summed E-state index contributed by atoms with van der Waals surface area (Å²) in [6, 6.07) is 17.9. The van der Waals surface area contributed by atoms with Gasteiger partial charge in [0.2, 0.25) is 0 Å². The molecular formula is C14H14Sb. The zero-order valence-corrected chi connectivity index (χ0v) is 11.6. The summed E-state index contributed by atoms with van der Waals surface area (Å²) in [7, 11) is 0. The molecule has 0 nitrogen and oxygen atoms in total. The molecule has 2 aromatic carbocycles. The van der Waals surface area contributed by atoms with Crippen molar-refractivity contribution >= 4 is 28.6 Å². The maximum atomic E-state index is 2.27. The van der Waals surface area contributed by atoms with Crippen LogP contribution in [0.15, 0.2) is 48.5 Å². The second-order valence-corrected chi connectivity index (χ2v) is 7.37. The Morgan fingerprint density at radius 1 is 0.600 bits per heavy atom. The van der Waals surface area contributed by atoms with E-state index in [-0.39, 0.29) is 21.6 Å². The first-order valence-corrected chi connectivity index (χ1v) is 7.64. The van der Waals surface area contributed by atoms with Crippen LogP contribution >= 0.6 is 0 Å². The molecule has 1 heteroatoms. The van der Waals surface area contributed by atoms with Gasteiger partial charge in [0.1, 0.15) is 0 Å². The normalized spacial score (nSPS) is 10.3. The van der Waals surface area contributed by atoms with E-state index < -0.39 is 0 Å². The number of hydrogen-bond acceptors (Lipinski definition) is 0. The second kappa shape index (κ2) is 4.85. The van der Waals surface area contributed by atoms with Gasteiger partial charge in [0.25, 0.3) is 0 Å².